The third-order valence-electron chi connectivity index (χ3n) is 6.45. The minimum Gasteiger partial charge on any atom is -0.460 e. The number of anilines is 1. The molecular formula is C31H27Cl2N3O4S. The second kappa shape index (κ2) is 12.8. The summed E-state index contributed by atoms with van der Waals surface area (Å²) < 4.78 is 34.5. The maximum absolute atomic E-state index is 13.7. The molecule has 0 atom stereocenters. The maximum atomic E-state index is 13.7. The van der Waals surface area contributed by atoms with Crippen molar-refractivity contribution in [3.05, 3.63) is 122 Å². The Balaban J connectivity index is 1.60. The Morgan fingerprint density at radius 2 is 1.68 bits per heavy atom. The summed E-state index contributed by atoms with van der Waals surface area (Å²) in [5.41, 5.74) is 3.98. The van der Waals surface area contributed by atoms with Gasteiger partial charge in [-0.3, -0.25) is 4.79 Å². The van der Waals surface area contributed by atoms with Crippen LogP contribution in [0.25, 0.3) is 6.08 Å². The lowest BCUT2D eigenvalue weighted by molar-refractivity contribution is -0.112. The van der Waals surface area contributed by atoms with E-state index in [-0.39, 0.29) is 29.3 Å². The number of hydrogen-bond acceptors (Lipinski definition) is 5. The first-order valence-corrected chi connectivity index (χ1v) is 14.8. The van der Waals surface area contributed by atoms with Gasteiger partial charge in [0.25, 0.3) is 5.91 Å². The lowest BCUT2D eigenvalue weighted by atomic mass is 10.1. The molecule has 41 heavy (non-hydrogen) atoms. The molecule has 1 N–H and O–H groups in total. The van der Waals surface area contributed by atoms with E-state index in [0.717, 1.165) is 16.7 Å². The number of carbonyl (C=O) groups is 1. The van der Waals surface area contributed by atoms with E-state index in [1.807, 2.05) is 39.0 Å². The largest absolute Gasteiger partial charge is 0.460 e. The Kier molecular flexibility index (Phi) is 9.36. The summed E-state index contributed by atoms with van der Waals surface area (Å²) in [6.45, 7) is 5.60. The minimum atomic E-state index is -3.96. The molecule has 1 heterocycles. The zero-order valence-corrected chi connectivity index (χ0v) is 24.9. The molecule has 0 fully saturated rings. The van der Waals surface area contributed by atoms with Gasteiger partial charge in [-0.2, -0.15) is 9.57 Å². The van der Waals surface area contributed by atoms with E-state index in [1.54, 1.807) is 60.7 Å². The topological polar surface area (TPSA) is 103 Å². The summed E-state index contributed by atoms with van der Waals surface area (Å²) in [6.07, 6.45) is 1.31. The summed E-state index contributed by atoms with van der Waals surface area (Å²) in [4.78, 5) is 12.9. The molecule has 0 aliphatic heterocycles. The van der Waals surface area contributed by atoms with Crippen molar-refractivity contribution in [2.75, 3.05) is 5.32 Å². The number of furan rings is 1. The van der Waals surface area contributed by atoms with Crippen molar-refractivity contribution in [2.24, 2.45) is 0 Å². The van der Waals surface area contributed by atoms with Crippen molar-refractivity contribution in [2.45, 2.75) is 38.8 Å². The zero-order valence-electron chi connectivity index (χ0n) is 22.6. The summed E-state index contributed by atoms with van der Waals surface area (Å²) >= 11 is 12.4. The number of carbonyl (C=O) groups excluding carboxylic acids is 1. The molecule has 210 valence electrons. The average molecular weight is 609 g/mol. The molecule has 4 aromatic rings. The fraction of sp³-hybridized carbons (Fsp3) is 0.161. The highest BCUT2D eigenvalue weighted by Gasteiger charge is 2.27. The van der Waals surface area contributed by atoms with E-state index in [9.17, 15) is 18.5 Å². The highest BCUT2D eigenvalue weighted by Crippen LogP contribution is 2.27. The lowest BCUT2D eigenvalue weighted by Crippen LogP contribution is -2.30. The van der Waals surface area contributed by atoms with Crippen molar-refractivity contribution in [3.63, 3.8) is 0 Å². The summed E-state index contributed by atoms with van der Waals surface area (Å²) in [7, 11) is -3.96. The van der Waals surface area contributed by atoms with Crippen molar-refractivity contribution in [3.8, 4) is 6.07 Å². The second-order valence-electron chi connectivity index (χ2n) is 9.55. The highest BCUT2D eigenvalue weighted by molar-refractivity contribution is 7.89. The number of benzene rings is 3. The van der Waals surface area contributed by atoms with Crippen molar-refractivity contribution in [1.82, 2.24) is 4.31 Å². The Labute approximate surface area is 249 Å². The Bertz CT molecular complexity index is 1770. The van der Waals surface area contributed by atoms with Gasteiger partial charge in [-0.15, -0.1) is 0 Å². The van der Waals surface area contributed by atoms with Crippen molar-refractivity contribution < 1.29 is 17.6 Å². The summed E-state index contributed by atoms with van der Waals surface area (Å²) in [5.74, 6) is -0.0532. The fourth-order valence-corrected chi connectivity index (χ4v) is 5.82. The highest BCUT2D eigenvalue weighted by atomic mass is 35.5. The molecule has 0 spiro atoms. The van der Waals surface area contributed by atoms with E-state index in [2.05, 4.69) is 5.32 Å². The molecule has 0 radical (unpaired) electrons. The molecule has 10 heteroatoms. The van der Waals surface area contributed by atoms with Gasteiger partial charge in [0.2, 0.25) is 10.0 Å². The third kappa shape index (κ3) is 7.46. The molecule has 1 aromatic heterocycles. The van der Waals surface area contributed by atoms with Crippen LogP contribution in [0.5, 0.6) is 0 Å². The third-order valence-corrected chi connectivity index (χ3v) is 8.84. The fourth-order valence-electron chi connectivity index (χ4n) is 3.96. The van der Waals surface area contributed by atoms with E-state index in [0.29, 0.717) is 27.1 Å². The molecule has 0 aliphatic carbocycles. The van der Waals surface area contributed by atoms with E-state index in [1.165, 1.54) is 10.4 Å². The zero-order chi connectivity index (χ0) is 29.7. The van der Waals surface area contributed by atoms with Crippen LogP contribution in [0.2, 0.25) is 10.0 Å². The first-order chi connectivity index (χ1) is 19.5. The van der Waals surface area contributed by atoms with Gasteiger partial charge in [0.1, 0.15) is 23.2 Å². The molecule has 0 aliphatic rings. The Morgan fingerprint density at radius 1 is 0.951 bits per heavy atom. The second-order valence-corrected chi connectivity index (χ2v) is 12.3. The van der Waals surface area contributed by atoms with Crippen LogP contribution in [0.3, 0.4) is 0 Å². The van der Waals surface area contributed by atoms with Crippen LogP contribution < -0.4 is 5.32 Å². The van der Waals surface area contributed by atoms with Gasteiger partial charge >= 0.3 is 0 Å². The number of nitrogens with one attached hydrogen (secondary N) is 1. The van der Waals surface area contributed by atoms with Crippen LogP contribution in [-0.4, -0.2) is 18.6 Å². The first kappa shape index (κ1) is 30.1. The minimum absolute atomic E-state index is 0.0418. The molecule has 0 unspecified atom stereocenters. The number of halogens is 2. The maximum Gasteiger partial charge on any atom is 0.266 e. The standard InChI is InChI=1S/C31H27Cl2N3O4S/c1-20-4-12-29(13-5-20)41(38,39)36(18-23-7-8-25(32)16-30(23)33)19-28-11-10-27(40-28)15-24(17-34)31(37)35-26-9-6-21(2)22(3)14-26/h4-16H,18-19H2,1-3H3,(H,35,37)/b24-15-. The van der Waals surface area contributed by atoms with Crippen LogP contribution in [-0.2, 0) is 27.9 Å². The number of sulfonamides is 1. The predicted octanol–water partition coefficient (Wildman–Crippen LogP) is 7.45. The van der Waals surface area contributed by atoms with Crippen molar-refractivity contribution >= 4 is 50.9 Å². The van der Waals surface area contributed by atoms with Gasteiger partial charge in [0, 0.05) is 28.4 Å². The summed E-state index contributed by atoms with van der Waals surface area (Å²) in [6, 6.07) is 21.9. The van der Waals surface area contributed by atoms with Gasteiger partial charge in [0.15, 0.2) is 0 Å². The summed E-state index contributed by atoms with van der Waals surface area (Å²) in [5, 5.41) is 13.1. The lowest BCUT2D eigenvalue weighted by Gasteiger charge is -2.22. The van der Waals surface area contributed by atoms with Crippen LogP contribution in [0, 0.1) is 32.1 Å². The smallest absolute Gasteiger partial charge is 0.266 e. The molecule has 3 aromatic carbocycles. The van der Waals surface area contributed by atoms with Crippen molar-refractivity contribution in [1.29, 1.82) is 5.26 Å². The quantitative estimate of drug-likeness (QED) is 0.157. The normalized spacial score (nSPS) is 11.9. The SMILES string of the molecule is Cc1ccc(S(=O)(=O)N(Cc2ccc(/C=C(/C#N)C(=O)Nc3ccc(C)c(C)c3)o2)Cc2ccc(Cl)cc2Cl)cc1. The first-order valence-electron chi connectivity index (χ1n) is 12.6. The van der Waals surface area contributed by atoms with Gasteiger partial charge in [0.05, 0.1) is 11.4 Å². The number of amides is 1. The molecule has 0 saturated heterocycles. The van der Waals surface area contributed by atoms with E-state index in [4.69, 9.17) is 27.6 Å². The van der Waals surface area contributed by atoms with E-state index >= 15 is 0 Å². The van der Waals surface area contributed by atoms with E-state index < -0.39 is 15.9 Å². The number of nitrogens with zero attached hydrogens (tertiary/aromatic N) is 2. The predicted molar refractivity (Wildman–Crippen MR) is 161 cm³/mol. The Hall–Kier alpha value is -3.87. The monoisotopic (exact) mass is 607 g/mol. The van der Waals surface area contributed by atoms with Gasteiger partial charge in [-0.25, -0.2) is 8.42 Å². The number of rotatable bonds is 9. The van der Waals surface area contributed by atoms with Gasteiger partial charge in [-0.1, -0.05) is 53.0 Å². The molecule has 0 saturated carbocycles. The number of aryl methyl sites for hydroxylation is 3. The number of hydrogen-bond donors (Lipinski definition) is 1. The number of nitriles is 1. The Morgan fingerprint density at radius 3 is 2.34 bits per heavy atom. The van der Waals surface area contributed by atoms with Crippen LogP contribution >= 0.6 is 23.2 Å². The van der Waals surface area contributed by atoms with Gasteiger partial charge in [-0.05, 0) is 86.0 Å². The van der Waals surface area contributed by atoms with Crippen LogP contribution in [0.15, 0.2) is 87.7 Å². The average Bonchev–Trinajstić information content (AvgIpc) is 3.37. The molecular weight excluding hydrogens is 581 g/mol. The molecule has 4 rings (SSSR count). The molecule has 7 nitrogen and oxygen atoms in total. The van der Waals surface area contributed by atoms with Crippen LogP contribution in [0.4, 0.5) is 5.69 Å². The van der Waals surface area contributed by atoms with Crippen LogP contribution in [0.1, 0.15) is 33.8 Å². The molecule has 1 amide bonds. The van der Waals surface area contributed by atoms with Gasteiger partial charge < -0.3 is 9.73 Å². The molecule has 0 bridgehead atoms.